The number of alkyl halides is 1. The Hall–Kier alpha value is -2.36. The van der Waals surface area contributed by atoms with Gasteiger partial charge >= 0.3 is 12.0 Å². The predicted octanol–water partition coefficient (Wildman–Crippen LogP) is 0.687. The number of urea groups is 1. The van der Waals surface area contributed by atoms with Crippen molar-refractivity contribution >= 4 is 40.3 Å². The highest BCUT2D eigenvalue weighted by molar-refractivity contribution is 14.1. The highest BCUT2D eigenvalue weighted by atomic mass is 127. The number of carbonyl (C=O) groups excluding carboxylic acids is 1. The molecule has 0 aliphatic carbocycles. The van der Waals surface area contributed by atoms with Crippen LogP contribution >= 0.6 is 22.6 Å². The Morgan fingerprint density at radius 2 is 2.12 bits per heavy atom. The van der Waals surface area contributed by atoms with Crippen molar-refractivity contribution in [3.8, 4) is 6.07 Å². The number of piperazine rings is 1. The Bertz CT molecular complexity index is 806. The van der Waals surface area contributed by atoms with Gasteiger partial charge in [-0.2, -0.15) is 5.26 Å². The van der Waals surface area contributed by atoms with Crippen molar-refractivity contribution in [3.05, 3.63) is 41.6 Å². The molecule has 0 saturated carbocycles. The lowest BCUT2D eigenvalue weighted by atomic mass is 10.1. The summed E-state index contributed by atoms with van der Waals surface area (Å²) in [6.45, 7) is 0.174. The normalized spacial score (nSPS) is 24.5. The zero-order chi connectivity index (χ0) is 18.9. The fourth-order valence-corrected chi connectivity index (χ4v) is 3.49. The second-order valence-corrected chi connectivity index (χ2v) is 7.66. The van der Waals surface area contributed by atoms with E-state index in [1.54, 1.807) is 57.9 Å². The number of carboxylic acids is 1. The van der Waals surface area contributed by atoms with Gasteiger partial charge in [0.15, 0.2) is 0 Å². The molecule has 136 valence electrons. The lowest BCUT2D eigenvalue weighted by Gasteiger charge is -2.41. The number of amides is 2. The average molecular weight is 469 g/mol. The molecule has 1 fully saturated rings. The Morgan fingerprint density at radius 3 is 2.69 bits per heavy atom. The molecule has 3 rings (SSSR count). The molecule has 9 nitrogen and oxygen atoms in total. The lowest BCUT2D eigenvalue weighted by molar-refractivity contribution is -0.139. The van der Waals surface area contributed by atoms with Gasteiger partial charge in [0, 0.05) is 11.4 Å². The van der Waals surface area contributed by atoms with Gasteiger partial charge in [-0.3, -0.25) is 0 Å². The third-order valence-corrected chi connectivity index (χ3v) is 5.24. The van der Waals surface area contributed by atoms with Crippen molar-refractivity contribution in [1.82, 2.24) is 15.3 Å². The summed E-state index contributed by atoms with van der Waals surface area (Å²) < 4.78 is -1.27. The predicted molar refractivity (Wildman–Crippen MR) is 100 cm³/mol. The minimum atomic E-state index is -1.27. The van der Waals surface area contributed by atoms with Crippen molar-refractivity contribution in [2.45, 2.75) is 9.59 Å². The molecule has 2 unspecified atom stereocenters. The molecule has 0 radical (unpaired) electrons. The highest BCUT2D eigenvalue weighted by Gasteiger charge is 2.45. The molecule has 2 heterocycles. The van der Waals surface area contributed by atoms with Crippen LogP contribution in [0.1, 0.15) is 5.56 Å². The number of anilines is 1. The van der Waals surface area contributed by atoms with Crippen molar-refractivity contribution in [2.75, 3.05) is 25.0 Å². The zero-order valence-electron chi connectivity index (χ0n) is 13.5. The fraction of sp³-hybridized carbons (Fsp3) is 0.312. The SMILES string of the molecule is N#Cc1ccc(NC(=O)N2CC3=CC(I)(C(=O)O)NN3CC2CO)cc1. The molecule has 1 aromatic rings. The summed E-state index contributed by atoms with van der Waals surface area (Å²) in [6.07, 6.45) is 1.56. The molecule has 2 atom stereocenters. The van der Waals surface area contributed by atoms with E-state index in [0.717, 1.165) is 0 Å². The van der Waals surface area contributed by atoms with E-state index in [-0.39, 0.29) is 19.7 Å². The van der Waals surface area contributed by atoms with Crippen LogP contribution in [-0.4, -0.2) is 61.4 Å². The molecular formula is C16H16IN5O4. The standard InChI is InChI=1S/C16H16IN5O4/c17-16(14(24)25)5-12-7-21(13(9-23)8-22(12)20-16)15(26)19-11-3-1-10(6-18)2-4-11/h1-5,13,20,23H,7-9H2,(H,19,26)(H,24,25). The van der Waals surface area contributed by atoms with E-state index in [2.05, 4.69) is 10.7 Å². The van der Waals surface area contributed by atoms with Gasteiger partial charge in [0.1, 0.15) is 0 Å². The number of fused-ring (bicyclic) bond motifs is 1. The number of aliphatic hydroxyl groups is 1. The molecule has 0 spiro atoms. The van der Waals surface area contributed by atoms with Gasteiger partial charge in [-0.1, -0.05) is 0 Å². The number of aliphatic carboxylic acids is 1. The molecule has 0 bridgehead atoms. The van der Waals surface area contributed by atoms with E-state index in [0.29, 0.717) is 16.9 Å². The Labute approximate surface area is 163 Å². The number of carbonyl (C=O) groups is 2. The first kappa shape index (κ1) is 18.4. The molecule has 2 amide bonds. The van der Waals surface area contributed by atoms with Crippen LogP contribution in [0.15, 0.2) is 36.0 Å². The van der Waals surface area contributed by atoms with Crippen LogP contribution in [0.3, 0.4) is 0 Å². The summed E-state index contributed by atoms with van der Waals surface area (Å²) in [4.78, 5) is 25.5. The number of nitrogens with one attached hydrogen (secondary N) is 2. The molecule has 26 heavy (non-hydrogen) atoms. The van der Waals surface area contributed by atoms with Crippen molar-refractivity contribution < 1.29 is 19.8 Å². The van der Waals surface area contributed by atoms with E-state index in [1.807, 2.05) is 6.07 Å². The number of hydrogen-bond acceptors (Lipinski definition) is 6. The highest BCUT2D eigenvalue weighted by Crippen LogP contribution is 2.31. The van der Waals surface area contributed by atoms with Gasteiger partial charge in [-0.05, 0) is 52.9 Å². The largest absolute Gasteiger partial charge is 0.479 e. The first-order valence-corrected chi connectivity index (χ1v) is 8.82. The number of hydrogen-bond donors (Lipinski definition) is 4. The van der Waals surface area contributed by atoms with Crippen LogP contribution < -0.4 is 10.7 Å². The topological polar surface area (TPSA) is 129 Å². The number of aliphatic hydroxyl groups excluding tert-OH is 1. The summed E-state index contributed by atoms with van der Waals surface area (Å²) in [7, 11) is 0. The first-order valence-electron chi connectivity index (χ1n) is 7.74. The summed E-state index contributed by atoms with van der Waals surface area (Å²) >= 11 is 1.79. The van der Waals surface area contributed by atoms with E-state index >= 15 is 0 Å². The first-order chi connectivity index (χ1) is 12.4. The monoisotopic (exact) mass is 469 g/mol. The maximum Gasteiger partial charge on any atom is 0.340 e. The third-order valence-electron chi connectivity index (χ3n) is 4.22. The molecule has 0 aromatic heterocycles. The summed E-state index contributed by atoms with van der Waals surface area (Å²) in [5.41, 5.74) is 4.55. The van der Waals surface area contributed by atoms with E-state index in [9.17, 15) is 19.8 Å². The summed E-state index contributed by atoms with van der Waals surface area (Å²) in [5, 5.41) is 32.2. The minimum Gasteiger partial charge on any atom is -0.479 e. The summed E-state index contributed by atoms with van der Waals surface area (Å²) in [6, 6.07) is 7.54. The van der Waals surface area contributed by atoms with Crippen LogP contribution in [0.2, 0.25) is 0 Å². The van der Waals surface area contributed by atoms with Crippen molar-refractivity contribution in [3.63, 3.8) is 0 Å². The number of carboxylic acid groups (broad SMARTS) is 1. The molecular weight excluding hydrogens is 453 g/mol. The molecule has 4 N–H and O–H groups in total. The van der Waals surface area contributed by atoms with Crippen LogP contribution in [-0.2, 0) is 4.79 Å². The quantitative estimate of drug-likeness (QED) is 0.291. The van der Waals surface area contributed by atoms with Crippen LogP contribution in [0, 0.1) is 11.3 Å². The van der Waals surface area contributed by atoms with Gasteiger partial charge in [0.25, 0.3) is 0 Å². The number of benzene rings is 1. The van der Waals surface area contributed by atoms with E-state index < -0.39 is 21.6 Å². The van der Waals surface area contributed by atoms with Crippen molar-refractivity contribution in [1.29, 1.82) is 5.26 Å². The van der Waals surface area contributed by atoms with E-state index in [1.165, 1.54) is 4.90 Å². The second kappa shape index (κ2) is 7.10. The number of hydrazine groups is 1. The molecule has 1 saturated heterocycles. The number of nitrogens with zero attached hydrogens (tertiary/aromatic N) is 3. The van der Waals surface area contributed by atoms with Crippen LogP contribution in [0.4, 0.5) is 10.5 Å². The average Bonchev–Trinajstić information content (AvgIpc) is 2.97. The van der Waals surface area contributed by atoms with Crippen molar-refractivity contribution in [2.24, 2.45) is 0 Å². The second-order valence-electron chi connectivity index (χ2n) is 5.96. The van der Waals surface area contributed by atoms with Gasteiger partial charge in [0.2, 0.25) is 3.55 Å². The van der Waals surface area contributed by atoms with Gasteiger partial charge in [0.05, 0.1) is 37.4 Å². The van der Waals surface area contributed by atoms with Gasteiger partial charge in [-0.15, -0.1) is 0 Å². The third kappa shape index (κ3) is 3.46. The number of rotatable bonds is 3. The van der Waals surface area contributed by atoms with E-state index in [4.69, 9.17) is 5.26 Å². The van der Waals surface area contributed by atoms with Crippen LogP contribution in [0.25, 0.3) is 0 Å². The zero-order valence-corrected chi connectivity index (χ0v) is 15.7. The summed E-state index contributed by atoms with van der Waals surface area (Å²) in [5.74, 6) is -1.03. The molecule has 2 aliphatic heterocycles. The molecule has 1 aromatic carbocycles. The Balaban J connectivity index is 1.76. The van der Waals surface area contributed by atoms with Crippen LogP contribution in [0.5, 0.6) is 0 Å². The maximum absolute atomic E-state index is 12.6. The van der Waals surface area contributed by atoms with Gasteiger partial charge < -0.3 is 25.4 Å². The fourth-order valence-electron chi connectivity index (χ4n) is 2.84. The minimum absolute atomic E-state index is 0.165. The molecule has 2 aliphatic rings. The Morgan fingerprint density at radius 1 is 1.42 bits per heavy atom. The number of halogens is 1. The molecule has 10 heteroatoms. The lowest BCUT2D eigenvalue weighted by Crippen LogP contribution is -2.59. The number of nitriles is 1. The van der Waals surface area contributed by atoms with Gasteiger partial charge in [-0.25, -0.2) is 15.0 Å². The Kier molecular flexibility index (Phi) is 5.03. The maximum atomic E-state index is 12.6. The smallest absolute Gasteiger partial charge is 0.340 e.